The molecule has 2 aliphatic rings. The number of nitriles is 1. The highest BCUT2D eigenvalue weighted by Crippen LogP contribution is 2.46. The van der Waals surface area contributed by atoms with E-state index in [9.17, 15) is 29.5 Å². The van der Waals surface area contributed by atoms with E-state index in [4.69, 9.17) is 27.9 Å². The molecule has 48 heavy (non-hydrogen) atoms. The maximum atomic E-state index is 14.5. The van der Waals surface area contributed by atoms with Crippen LogP contribution in [0.2, 0.25) is 10.0 Å². The van der Waals surface area contributed by atoms with E-state index in [-0.39, 0.29) is 47.5 Å². The number of anilines is 1. The van der Waals surface area contributed by atoms with Crippen LogP contribution in [0.4, 0.5) is 10.5 Å². The van der Waals surface area contributed by atoms with Crippen molar-refractivity contribution in [3.05, 3.63) is 93.5 Å². The van der Waals surface area contributed by atoms with Crippen LogP contribution in [0.25, 0.3) is 0 Å². The summed E-state index contributed by atoms with van der Waals surface area (Å²) in [4.78, 5) is 59.2. The van der Waals surface area contributed by atoms with Crippen molar-refractivity contribution >= 4 is 52.7 Å². The average molecular weight is 693 g/mol. The van der Waals surface area contributed by atoms with E-state index in [0.717, 1.165) is 4.90 Å². The first-order valence-corrected chi connectivity index (χ1v) is 16.0. The number of esters is 1. The summed E-state index contributed by atoms with van der Waals surface area (Å²) in [6.45, 7) is 5.21. The summed E-state index contributed by atoms with van der Waals surface area (Å²) < 4.78 is 5.59. The smallest absolute Gasteiger partial charge is 0.332 e. The van der Waals surface area contributed by atoms with Crippen molar-refractivity contribution in [1.29, 1.82) is 5.26 Å². The Kier molecular flexibility index (Phi) is 9.74. The van der Waals surface area contributed by atoms with E-state index >= 15 is 0 Å². The fourth-order valence-electron chi connectivity index (χ4n) is 6.29. The summed E-state index contributed by atoms with van der Waals surface area (Å²) >= 11 is 12.5. The molecule has 3 aromatic carbocycles. The van der Waals surface area contributed by atoms with Gasteiger partial charge in [0.05, 0.1) is 23.9 Å². The third-order valence-electron chi connectivity index (χ3n) is 8.45. The van der Waals surface area contributed by atoms with Gasteiger partial charge in [0.2, 0.25) is 5.91 Å². The van der Waals surface area contributed by atoms with Crippen molar-refractivity contribution in [2.24, 2.45) is 0 Å². The lowest BCUT2D eigenvalue weighted by Gasteiger charge is -2.34. The maximum Gasteiger partial charge on any atom is 0.332 e. The number of likely N-dealkylation sites (tertiary alicyclic amines) is 1. The Morgan fingerprint density at radius 2 is 1.69 bits per heavy atom. The number of imide groups is 1. The second kappa shape index (κ2) is 13.5. The van der Waals surface area contributed by atoms with E-state index in [2.05, 4.69) is 11.4 Å². The molecule has 2 fully saturated rings. The number of ether oxygens (including phenoxy) is 1. The molecule has 250 valence electrons. The number of hydrogen-bond acceptors (Lipinski definition) is 8. The molecule has 0 radical (unpaired) electrons. The number of urea groups is 1. The monoisotopic (exact) mass is 691 g/mol. The highest BCUT2D eigenvalue weighted by molar-refractivity contribution is 6.35. The van der Waals surface area contributed by atoms with Crippen molar-refractivity contribution in [2.45, 2.75) is 50.3 Å². The summed E-state index contributed by atoms with van der Waals surface area (Å²) in [5.41, 5.74) is -0.171. The number of carbonyl (C=O) groups is 4. The second-order valence-corrected chi connectivity index (χ2v) is 13.9. The lowest BCUT2D eigenvalue weighted by Crippen LogP contribution is -2.54. The van der Waals surface area contributed by atoms with E-state index < -0.39 is 46.9 Å². The van der Waals surface area contributed by atoms with Gasteiger partial charge in [-0.2, -0.15) is 5.26 Å². The predicted octanol–water partition coefficient (Wildman–Crippen LogP) is 4.88. The Labute approximate surface area is 288 Å². The molecule has 11 nitrogen and oxygen atoms in total. The molecule has 13 heteroatoms. The van der Waals surface area contributed by atoms with Crippen molar-refractivity contribution in [3.63, 3.8) is 0 Å². The van der Waals surface area contributed by atoms with Gasteiger partial charge in [-0.05, 0) is 74.4 Å². The standard InChI is InChI=1S/C35H35Cl2N5O6/c1-34(2,3)48-31(45)29(13-21-7-11-27(43)12-8-21)39-30(44)19-41-18-28(23-9-5-22(17-38)6-10-23)35(20-41)32(46)42(33(47)40(35)4)26-15-24(36)14-25(37)16-26/h5-12,14-16,28-29,43H,13,18-20H2,1-4H3,(H,39,44). The van der Waals surface area contributed by atoms with Gasteiger partial charge in [-0.3, -0.25) is 14.5 Å². The van der Waals surface area contributed by atoms with Gasteiger partial charge >= 0.3 is 12.0 Å². The summed E-state index contributed by atoms with van der Waals surface area (Å²) in [5.74, 6) is -2.14. The number of nitrogens with zero attached hydrogens (tertiary/aromatic N) is 4. The van der Waals surface area contributed by atoms with Gasteiger partial charge < -0.3 is 20.1 Å². The van der Waals surface area contributed by atoms with Gasteiger partial charge in [0.15, 0.2) is 0 Å². The van der Waals surface area contributed by atoms with Crippen LogP contribution in [0.1, 0.15) is 43.4 Å². The van der Waals surface area contributed by atoms with E-state index in [1.165, 1.54) is 35.2 Å². The number of hydrogen-bond donors (Lipinski definition) is 2. The number of rotatable bonds is 8. The number of carbonyl (C=O) groups excluding carboxylic acids is 4. The molecule has 4 amide bonds. The molecule has 2 aliphatic heterocycles. The van der Waals surface area contributed by atoms with E-state index in [0.29, 0.717) is 16.7 Å². The minimum atomic E-state index is -1.42. The van der Waals surface area contributed by atoms with Gasteiger partial charge in [0.25, 0.3) is 5.91 Å². The Balaban J connectivity index is 1.44. The molecular weight excluding hydrogens is 657 g/mol. The molecule has 5 rings (SSSR count). The summed E-state index contributed by atoms with van der Waals surface area (Å²) in [6, 6.07) is 18.0. The molecule has 3 atom stereocenters. The Hall–Kier alpha value is -4.63. The first kappa shape index (κ1) is 34.7. The quantitative estimate of drug-likeness (QED) is 0.252. The molecule has 2 heterocycles. The molecule has 0 bridgehead atoms. The number of likely N-dealkylation sites (N-methyl/N-ethyl adjacent to an activating group) is 1. The normalized spacial score (nSPS) is 20.2. The van der Waals surface area contributed by atoms with Gasteiger partial charge in [0.1, 0.15) is 22.9 Å². The average Bonchev–Trinajstić information content (AvgIpc) is 3.47. The first-order chi connectivity index (χ1) is 22.6. The number of benzene rings is 3. The van der Waals surface area contributed by atoms with Gasteiger partial charge in [0, 0.05) is 42.5 Å². The second-order valence-electron chi connectivity index (χ2n) is 13.0. The molecule has 3 aromatic rings. The molecule has 3 unspecified atom stereocenters. The van der Waals surface area contributed by atoms with Crippen LogP contribution < -0.4 is 10.2 Å². The van der Waals surface area contributed by atoms with Crippen LogP contribution in [0.3, 0.4) is 0 Å². The number of halogens is 2. The van der Waals surface area contributed by atoms with E-state index in [1.54, 1.807) is 69.1 Å². The first-order valence-electron chi connectivity index (χ1n) is 15.2. The molecule has 0 saturated carbocycles. The SMILES string of the molecule is CN1C(=O)N(c2cc(Cl)cc(Cl)c2)C(=O)C12CN(CC(=O)NC(Cc1ccc(O)cc1)C(=O)OC(C)(C)C)CC2c1ccc(C#N)cc1. The van der Waals surface area contributed by atoms with Crippen molar-refractivity contribution in [1.82, 2.24) is 15.1 Å². The van der Waals surface area contributed by atoms with E-state index in [1.807, 2.05) is 0 Å². The highest BCUT2D eigenvalue weighted by atomic mass is 35.5. The lowest BCUT2D eigenvalue weighted by molar-refractivity contribution is -0.158. The van der Waals surface area contributed by atoms with Crippen LogP contribution in [-0.4, -0.2) is 82.6 Å². The Morgan fingerprint density at radius 1 is 1.06 bits per heavy atom. The summed E-state index contributed by atoms with van der Waals surface area (Å²) in [6.07, 6.45) is 0.117. The minimum Gasteiger partial charge on any atom is -0.508 e. The van der Waals surface area contributed by atoms with Gasteiger partial charge in [-0.1, -0.05) is 47.5 Å². The van der Waals surface area contributed by atoms with Crippen molar-refractivity contribution in [3.8, 4) is 11.8 Å². The molecule has 0 aromatic heterocycles. The van der Waals surface area contributed by atoms with Crippen LogP contribution >= 0.6 is 23.2 Å². The molecular formula is C35H35Cl2N5O6. The number of phenolic OH excluding ortho intramolecular Hbond substituents is 1. The van der Waals surface area contributed by atoms with Crippen molar-refractivity contribution < 1.29 is 29.0 Å². The lowest BCUT2D eigenvalue weighted by atomic mass is 9.80. The largest absolute Gasteiger partial charge is 0.508 e. The summed E-state index contributed by atoms with van der Waals surface area (Å²) in [7, 11) is 1.54. The third-order valence-corrected chi connectivity index (χ3v) is 8.89. The van der Waals surface area contributed by atoms with Crippen LogP contribution in [0, 0.1) is 11.3 Å². The summed E-state index contributed by atoms with van der Waals surface area (Å²) in [5, 5.41) is 22.4. The van der Waals surface area contributed by atoms with Crippen LogP contribution in [0.5, 0.6) is 5.75 Å². The Morgan fingerprint density at radius 3 is 2.27 bits per heavy atom. The van der Waals surface area contributed by atoms with Crippen LogP contribution in [-0.2, 0) is 25.5 Å². The third kappa shape index (κ3) is 7.11. The van der Waals surface area contributed by atoms with Crippen LogP contribution in [0.15, 0.2) is 66.7 Å². The minimum absolute atomic E-state index is 0.00598. The molecule has 0 aliphatic carbocycles. The fraction of sp³-hybridized carbons (Fsp3) is 0.343. The topological polar surface area (TPSA) is 143 Å². The number of aromatic hydroxyl groups is 1. The zero-order valence-corrected chi connectivity index (χ0v) is 28.4. The molecule has 2 N–H and O–H groups in total. The maximum absolute atomic E-state index is 14.5. The van der Waals surface area contributed by atoms with Gasteiger partial charge in [-0.15, -0.1) is 0 Å². The zero-order valence-electron chi connectivity index (χ0n) is 26.9. The van der Waals surface area contributed by atoms with Crippen molar-refractivity contribution in [2.75, 3.05) is 31.6 Å². The molecule has 2 saturated heterocycles. The fourth-order valence-corrected chi connectivity index (χ4v) is 6.81. The number of nitrogens with one attached hydrogen (secondary N) is 1. The highest BCUT2D eigenvalue weighted by Gasteiger charge is 2.64. The molecule has 1 spiro atoms. The Bertz CT molecular complexity index is 1770. The number of amides is 4. The number of phenols is 1. The predicted molar refractivity (Wildman–Crippen MR) is 180 cm³/mol. The zero-order chi connectivity index (χ0) is 35.0. The van der Waals surface area contributed by atoms with Gasteiger partial charge in [-0.25, -0.2) is 14.5 Å².